The van der Waals surface area contributed by atoms with Crippen molar-refractivity contribution in [2.45, 2.75) is 13.0 Å². The van der Waals surface area contributed by atoms with Crippen molar-refractivity contribution in [3.05, 3.63) is 39.0 Å². The zero-order valence-electron chi connectivity index (χ0n) is 10.7. The number of nitrogens with zero attached hydrogens (tertiary/aromatic N) is 2. The van der Waals surface area contributed by atoms with Gasteiger partial charge in [-0.3, -0.25) is 10.1 Å². The predicted octanol–water partition coefficient (Wildman–Crippen LogP) is 3.24. The minimum absolute atomic E-state index is 0.244. The molecule has 1 heterocycles. The van der Waals surface area contributed by atoms with Gasteiger partial charge in [-0.1, -0.05) is 6.07 Å². The Balaban J connectivity index is 2.15. The smallest absolute Gasteiger partial charge is 0.258 e. The summed E-state index contributed by atoms with van der Waals surface area (Å²) >= 11 is 2.85. The summed E-state index contributed by atoms with van der Waals surface area (Å²) in [7, 11) is 1.55. The molecule has 1 aromatic carbocycles. The largest absolute Gasteiger partial charge is 0.374 e. The van der Waals surface area contributed by atoms with Gasteiger partial charge in [0.2, 0.25) is 5.13 Å². The van der Waals surface area contributed by atoms with E-state index in [1.807, 2.05) is 6.92 Å². The van der Waals surface area contributed by atoms with Gasteiger partial charge in [-0.15, -0.1) is 0 Å². The summed E-state index contributed by atoms with van der Waals surface area (Å²) in [6, 6.07) is 4.35. The molecule has 0 aliphatic rings. The molecule has 0 radical (unpaired) electrons. The fourth-order valence-electron chi connectivity index (χ4n) is 1.40. The van der Waals surface area contributed by atoms with Gasteiger partial charge in [-0.2, -0.15) is 4.37 Å². The van der Waals surface area contributed by atoms with E-state index in [1.54, 1.807) is 35.8 Å². The molecule has 0 spiro atoms. The first-order valence-electron chi connectivity index (χ1n) is 5.64. The Morgan fingerprint density at radius 1 is 1.55 bits per heavy atom. The number of ether oxygens (including phenoxy) is 1. The van der Waals surface area contributed by atoms with Crippen molar-refractivity contribution >= 4 is 45.2 Å². The standard InChI is InChI=1S/C12H11FIN3O2S/c1-6(19-2)10-15-12(20-17-10)16-11(18)7-4-3-5-8(13)9(7)14/h3-6H,1-2H3,(H,15,16,17,18). The lowest BCUT2D eigenvalue weighted by atomic mass is 10.2. The molecule has 5 nitrogen and oxygen atoms in total. The third kappa shape index (κ3) is 3.30. The number of hydrogen-bond donors (Lipinski definition) is 1. The number of amides is 1. The fourth-order valence-corrected chi connectivity index (χ4v) is 2.65. The van der Waals surface area contributed by atoms with Crippen LogP contribution in [-0.4, -0.2) is 22.4 Å². The molecule has 106 valence electrons. The number of rotatable bonds is 4. The Kier molecular flexibility index (Phi) is 5.00. The van der Waals surface area contributed by atoms with Crippen LogP contribution in [0.25, 0.3) is 0 Å². The van der Waals surface area contributed by atoms with E-state index >= 15 is 0 Å². The number of aromatic nitrogens is 2. The van der Waals surface area contributed by atoms with Crippen molar-refractivity contribution in [3.8, 4) is 0 Å². The Morgan fingerprint density at radius 2 is 2.30 bits per heavy atom. The number of methoxy groups -OCH3 is 1. The number of anilines is 1. The summed E-state index contributed by atoms with van der Waals surface area (Å²) in [5.74, 6) is -0.340. The SMILES string of the molecule is COC(C)c1nsc(NC(=O)c2cccc(F)c2I)n1. The second kappa shape index (κ2) is 6.55. The number of carbonyl (C=O) groups excluding carboxylic acids is 1. The summed E-state index contributed by atoms with van der Waals surface area (Å²) in [5, 5.41) is 2.96. The van der Waals surface area contributed by atoms with Crippen molar-refractivity contribution in [1.29, 1.82) is 0 Å². The van der Waals surface area contributed by atoms with E-state index in [9.17, 15) is 9.18 Å². The molecule has 0 aliphatic heterocycles. The average molecular weight is 407 g/mol. The Labute approximate surface area is 132 Å². The molecular formula is C12H11FIN3O2S. The quantitative estimate of drug-likeness (QED) is 0.791. The molecule has 2 rings (SSSR count). The van der Waals surface area contributed by atoms with E-state index in [4.69, 9.17) is 4.74 Å². The van der Waals surface area contributed by atoms with Gasteiger partial charge in [0.25, 0.3) is 5.91 Å². The Morgan fingerprint density at radius 3 is 3.00 bits per heavy atom. The predicted molar refractivity (Wildman–Crippen MR) is 82.4 cm³/mol. The second-order valence-electron chi connectivity index (χ2n) is 3.89. The van der Waals surface area contributed by atoms with E-state index in [0.717, 1.165) is 11.5 Å². The molecule has 1 aromatic heterocycles. The van der Waals surface area contributed by atoms with Gasteiger partial charge >= 0.3 is 0 Å². The third-order valence-corrected chi connectivity index (χ3v) is 4.32. The number of hydrogen-bond acceptors (Lipinski definition) is 5. The summed E-state index contributed by atoms with van der Waals surface area (Å²) in [6.45, 7) is 1.81. The molecule has 0 fully saturated rings. The average Bonchev–Trinajstić information content (AvgIpc) is 2.89. The molecule has 0 bridgehead atoms. The van der Waals surface area contributed by atoms with Crippen LogP contribution in [-0.2, 0) is 4.74 Å². The summed E-state index contributed by atoms with van der Waals surface area (Å²) in [4.78, 5) is 16.2. The van der Waals surface area contributed by atoms with Crippen molar-refractivity contribution in [3.63, 3.8) is 0 Å². The monoisotopic (exact) mass is 407 g/mol. The minimum atomic E-state index is -0.427. The number of halogens is 2. The maximum atomic E-state index is 13.4. The van der Waals surface area contributed by atoms with Crippen molar-refractivity contribution in [2.24, 2.45) is 0 Å². The summed E-state index contributed by atoms with van der Waals surface area (Å²) in [5.41, 5.74) is 0.266. The lowest BCUT2D eigenvalue weighted by Crippen LogP contribution is -2.14. The van der Waals surface area contributed by atoms with Gasteiger partial charge in [0, 0.05) is 18.6 Å². The van der Waals surface area contributed by atoms with E-state index < -0.39 is 11.7 Å². The maximum Gasteiger partial charge on any atom is 0.258 e. The molecule has 1 amide bonds. The highest BCUT2D eigenvalue weighted by Crippen LogP contribution is 2.21. The molecule has 8 heteroatoms. The summed E-state index contributed by atoms with van der Waals surface area (Å²) < 4.78 is 22.9. The number of nitrogens with one attached hydrogen (secondary N) is 1. The topological polar surface area (TPSA) is 64.1 Å². The lowest BCUT2D eigenvalue weighted by molar-refractivity contribution is 0.102. The molecule has 2 aromatic rings. The van der Waals surface area contributed by atoms with E-state index in [0.29, 0.717) is 11.0 Å². The maximum absolute atomic E-state index is 13.4. The first kappa shape index (κ1) is 15.3. The normalized spacial score (nSPS) is 12.2. The van der Waals surface area contributed by atoms with Gasteiger partial charge < -0.3 is 4.74 Å². The van der Waals surface area contributed by atoms with Crippen LogP contribution in [0.1, 0.15) is 29.2 Å². The van der Waals surface area contributed by atoms with E-state index in [-0.39, 0.29) is 15.2 Å². The van der Waals surface area contributed by atoms with Crippen LogP contribution in [0.2, 0.25) is 0 Å². The van der Waals surface area contributed by atoms with Crippen LogP contribution in [0, 0.1) is 9.39 Å². The van der Waals surface area contributed by atoms with Gasteiger partial charge in [-0.25, -0.2) is 9.37 Å². The molecule has 0 saturated heterocycles. The molecular weight excluding hydrogens is 396 g/mol. The minimum Gasteiger partial charge on any atom is -0.374 e. The Hall–Kier alpha value is -1.13. The third-order valence-electron chi connectivity index (χ3n) is 2.58. The van der Waals surface area contributed by atoms with E-state index in [2.05, 4.69) is 14.7 Å². The van der Waals surface area contributed by atoms with Crippen LogP contribution in [0.5, 0.6) is 0 Å². The summed E-state index contributed by atoms with van der Waals surface area (Å²) in [6.07, 6.45) is -0.244. The highest BCUT2D eigenvalue weighted by atomic mass is 127. The van der Waals surface area contributed by atoms with Crippen molar-refractivity contribution in [1.82, 2.24) is 9.36 Å². The zero-order valence-corrected chi connectivity index (χ0v) is 13.7. The zero-order chi connectivity index (χ0) is 14.7. The van der Waals surface area contributed by atoms with Crippen LogP contribution in [0.3, 0.4) is 0 Å². The molecule has 1 atom stereocenters. The molecule has 20 heavy (non-hydrogen) atoms. The van der Waals surface area contributed by atoms with Gasteiger partial charge in [-0.05, 0) is 41.6 Å². The second-order valence-corrected chi connectivity index (χ2v) is 5.72. The lowest BCUT2D eigenvalue weighted by Gasteiger charge is -2.05. The molecule has 1 unspecified atom stereocenters. The molecule has 1 N–H and O–H groups in total. The van der Waals surface area contributed by atoms with Gasteiger partial charge in [0.15, 0.2) is 5.82 Å². The highest BCUT2D eigenvalue weighted by Gasteiger charge is 2.16. The number of benzene rings is 1. The fraction of sp³-hybridized carbons (Fsp3) is 0.250. The van der Waals surface area contributed by atoms with Crippen LogP contribution in [0.15, 0.2) is 18.2 Å². The van der Waals surface area contributed by atoms with Gasteiger partial charge in [0.05, 0.1) is 9.13 Å². The van der Waals surface area contributed by atoms with Crippen molar-refractivity contribution < 1.29 is 13.9 Å². The number of carbonyl (C=O) groups is 1. The van der Waals surface area contributed by atoms with E-state index in [1.165, 1.54) is 12.1 Å². The molecule has 0 saturated carbocycles. The first-order chi connectivity index (χ1) is 9.52. The van der Waals surface area contributed by atoms with Gasteiger partial charge in [0.1, 0.15) is 11.9 Å². The van der Waals surface area contributed by atoms with Crippen molar-refractivity contribution in [2.75, 3.05) is 12.4 Å². The van der Waals surface area contributed by atoms with Crippen LogP contribution in [0.4, 0.5) is 9.52 Å². The van der Waals surface area contributed by atoms with Crippen LogP contribution < -0.4 is 5.32 Å². The first-order valence-corrected chi connectivity index (χ1v) is 7.50. The van der Waals surface area contributed by atoms with Crippen LogP contribution >= 0.6 is 34.1 Å². The molecule has 0 aliphatic carbocycles. The Bertz CT molecular complexity index is 635. The highest BCUT2D eigenvalue weighted by molar-refractivity contribution is 14.1.